The molecule has 3 rings (SSSR count). The van der Waals surface area contributed by atoms with Crippen molar-refractivity contribution in [3.8, 4) is 0 Å². The van der Waals surface area contributed by atoms with Gasteiger partial charge in [0.2, 0.25) is 0 Å². The molecule has 0 spiro atoms. The van der Waals surface area contributed by atoms with Crippen LogP contribution in [-0.2, 0) is 6.42 Å². The Bertz CT molecular complexity index is 644. The highest BCUT2D eigenvalue weighted by atomic mass is 79.9. The van der Waals surface area contributed by atoms with Gasteiger partial charge in [0, 0.05) is 6.42 Å². The highest BCUT2D eigenvalue weighted by Gasteiger charge is 2.06. The molecule has 0 saturated heterocycles. The van der Waals surface area contributed by atoms with Crippen LogP contribution in [0.4, 0.5) is 0 Å². The highest BCUT2D eigenvalue weighted by Crippen LogP contribution is 2.18. The molecule has 3 heteroatoms. The maximum atomic E-state index is 4.48. The molecule has 0 aliphatic carbocycles. The third kappa shape index (κ3) is 1.98. The third-order valence-electron chi connectivity index (χ3n) is 2.78. The minimum atomic E-state index is 0.845. The van der Waals surface area contributed by atoms with E-state index in [1.807, 2.05) is 24.4 Å². The summed E-state index contributed by atoms with van der Waals surface area (Å²) >= 11 is 3.56. The van der Waals surface area contributed by atoms with Gasteiger partial charge in [-0.3, -0.25) is 4.40 Å². The lowest BCUT2D eigenvalue weighted by molar-refractivity contribution is 0.946. The van der Waals surface area contributed by atoms with Gasteiger partial charge in [0.05, 0.1) is 16.3 Å². The van der Waals surface area contributed by atoms with Crippen LogP contribution in [0.25, 0.3) is 5.52 Å². The second-order valence-electron chi connectivity index (χ2n) is 3.95. The first-order valence-electron chi connectivity index (χ1n) is 5.49. The molecule has 3 aromatic rings. The maximum Gasteiger partial charge on any atom is 0.118 e. The standard InChI is InChI=1S/C14H11BrN2/c15-13-8-4-7-12-10-16-14(17(12)13)9-11-5-2-1-3-6-11/h1-8,10H,9H2. The van der Waals surface area contributed by atoms with Gasteiger partial charge in [-0.25, -0.2) is 4.98 Å². The molecule has 0 fully saturated rings. The van der Waals surface area contributed by atoms with E-state index in [-0.39, 0.29) is 0 Å². The summed E-state index contributed by atoms with van der Waals surface area (Å²) in [5, 5.41) is 0. The van der Waals surface area contributed by atoms with Crippen LogP contribution in [0.5, 0.6) is 0 Å². The average molecular weight is 287 g/mol. The summed E-state index contributed by atoms with van der Waals surface area (Å²) in [7, 11) is 0. The lowest BCUT2D eigenvalue weighted by Gasteiger charge is -2.03. The topological polar surface area (TPSA) is 17.3 Å². The molecule has 2 heterocycles. The van der Waals surface area contributed by atoms with Gasteiger partial charge < -0.3 is 0 Å². The van der Waals surface area contributed by atoms with Crippen molar-refractivity contribution >= 4 is 21.4 Å². The minimum absolute atomic E-state index is 0.845. The Balaban J connectivity index is 2.07. The normalized spacial score (nSPS) is 10.9. The fourth-order valence-electron chi connectivity index (χ4n) is 1.97. The predicted octanol–water partition coefficient (Wildman–Crippen LogP) is 3.69. The van der Waals surface area contributed by atoms with Crippen LogP contribution in [0.15, 0.2) is 59.3 Å². The van der Waals surface area contributed by atoms with Crippen molar-refractivity contribution in [2.24, 2.45) is 0 Å². The van der Waals surface area contributed by atoms with Crippen molar-refractivity contribution in [2.45, 2.75) is 6.42 Å². The second kappa shape index (κ2) is 4.34. The number of hydrogen-bond donors (Lipinski definition) is 0. The van der Waals surface area contributed by atoms with E-state index in [1.165, 1.54) is 5.56 Å². The number of nitrogens with zero attached hydrogens (tertiary/aromatic N) is 2. The Kier molecular flexibility index (Phi) is 2.69. The van der Waals surface area contributed by atoms with Crippen LogP contribution < -0.4 is 0 Å². The fourth-order valence-corrected chi connectivity index (χ4v) is 2.54. The van der Waals surface area contributed by atoms with Gasteiger partial charge in [-0.15, -0.1) is 0 Å². The molecule has 0 N–H and O–H groups in total. The van der Waals surface area contributed by atoms with Crippen LogP contribution >= 0.6 is 15.9 Å². The van der Waals surface area contributed by atoms with Crippen LogP contribution in [0, 0.1) is 0 Å². The van der Waals surface area contributed by atoms with Gasteiger partial charge in [-0.05, 0) is 33.6 Å². The Labute approximate surface area is 108 Å². The number of imidazole rings is 1. The van der Waals surface area contributed by atoms with E-state index in [9.17, 15) is 0 Å². The second-order valence-corrected chi connectivity index (χ2v) is 4.76. The van der Waals surface area contributed by atoms with Crippen molar-refractivity contribution < 1.29 is 0 Å². The monoisotopic (exact) mass is 286 g/mol. The zero-order chi connectivity index (χ0) is 11.7. The highest BCUT2D eigenvalue weighted by molar-refractivity contribution is 9.10. The summed E-state index contributed by atoms with van der Waals surface area (Å²) in [6, 6.07) is 16.5. The molecule has 0 aliphatic rings. The smallest absolute Gasteiger partial charge is 0.118 e. The van der Waals surface area contributed by atoms with Crippen molar-refractivity contribution in [2.75, 3.05) is 0 Å². The van der Waals surface area contributed by atoms with E-state index < -0.39 is 0 Å². The molecule has 0 unspecified atom stereocenters. The zero-order valence-electron chi connectivity index (χ0n) is 9.18. The van der Waals surface area contributed by atoms with Crippen molar-refractivity contribution in [1.29, 1.82) is 0 Å². The molecule has 0 amide bonds. The summed E-state index contributed by atoms with van der Waals surface area (Å²) < 4.78 is 3.17. The van der Waals surface area contributed by atoms with E-state index in [4.69, 9.17) is 0 Å². The first kappa shape index (κ1) is 10.5. The summed E-state index contributed by atoms with van der Waals surface area (Å²) in [5.74, 6) is 1.05. The first-order chi connectivity index (χ1) is 8.34. The molecule has 84 valence electrons. The Hall–Kier alpha value is -1.61. The SMILES string of the molecule is Brc1cccc2cnc(Cc3ccccc3)n12. The zero-order valence-corrected chi connectivity index (χ0v) is 10.8. The van der Waals surface area contributed by atoms with Gasteiger partial charge in [0.25, 0.3) is 0 Å². The molecule has 0 radical (unpaired) electrons. The van der Waals surface area contributed by atoms with E-state index in [1.54, 1.807) is 0 Å². The average Bonchev–Trinajstić information content (AvgIpc) is 2.75. The summed E-state index contributed by atoms with van der Waals surface area (Å²) in [6.07, 6.45) is 2.75. The molecule has 2 aromatic heterocycles. The molecule has 0 aliphatic heterocycles. The number of fused-ring (bicyclic) bond motifs is 1. The van der Waals surface area contributed by atoms with Gasteiger partial charge in [-0.2, -0.15) is 0 Å². The molecule has 2 nitrogen and oxygen atoms in total. The molecule has 17 heavy (non-hydrogen) atoms. The van der Waals surface area contributed by atoms with Gasteiger partial charge in [0.1, 0.15) is 5.82 Å². The number of rotatable bonds is 2. The fraction of sp³-hybridized carbons (Fsp3) is 0.0714. The molecule has 0 saturated carbocycles. The molecule has 0 atom stereocenters. The Morgan fingerprint density at radius 2 is 1.82 bits per heavy atom. The Morgan fingerprint density at radius 3 is 2.65 bits per heavy atom. The molecule has 0 bridgehead atoms. The molecular formula is C14H11BrN2. The number of hydrogen-bond acceptors (Lipinski definition) is 1. The molecule has 1 aromatic carbocycles. The van der Waals surface area contributed by atoms with Gasteiger partial charge >= 0.3 is 0 Å². The minimum Gasteiger partial charge on any atom is -0.290 e. The van der Waals surface area contributed by atoms with Crippen molar-refractivity contribution in [3.05, 3.63) is 70.7 Å². The maximum absolute atomic E-state index is 4.48. The van der Waals surface area contributed by atoms with Crippen LogP contribution in [0.1, 0.15) is 11.4 Å². The number of halogens is 1. The van der Waals surface area contributed by atoms with Crippen LogP contribution in [0.2, 0.25) is 0 Å². The summed E-state index contributed by atoms with van der Waals surface area (Å²) in [4.78, 5) is 4.48. The quantitative estimate of drug-likeness (QED) is 0.657. The number of benzene rings is 1. The predicted molar refractivity (Wildman–Crippen MR) is 72.1 cm³/mol. The lowest BCUT2D eigenvalue weighted by atomic mass is 10.1. The van der Waals surface area contributed by atoms with Crippen molar-refractivity contribution in [1.82, 2.24) is 9.38 Å². The summed E-state index contributed by atoms with van der Waals surface area (Å²) in [5.41, 5.74) is 2.39. The van der Waals surface area contributed by atoms with Crippen LogP contribution in [0.3, 0.4) is 0 Å². The summed E-state index contributed by atoms with van der Waals surface area (Å²) in [6.45, 7) is 0. The van der Waals surface area contributed by atoms with E-state index in [2.05, 4.69) is 55.6 Å². The lowest BCUT2D eigenvalue weighted by Crippen LogP contribution is -1.97. The van der Waals surface area contributed by atoms with Crippen LogP contribution in [-0.4, -0.2) is 9.38 Å². The van der Waals surface area contributed by atoms with Crippen molar-refractivity contribution in [3.63, 3.8) is 0 Å². The molecular weight excluding hydrogens is 276 g/mol. The first-order valence-corrected chi connectivity index (χ1v) is 6.29. The number of aromatic nitrogens is 2. The van der Waals surface area contributed by atoms with E-state index in [0.29, 0.717) is 0 Å². The van der Waals surface area contributed by atoms with Gasteiger partial charge in [0.15, 0.2) is 0 Å². The van der Waals surface area contributed by atoms with Gasteiger partial charge in [-0.1, -0.05) is 36.4 Å². The van der Waals surface area contributed by atoms with E-state index in [0.717, 1.165) is 22.4 Å². The third-order valence-corrected chi connectivity index (χ3v) is 3.40. The van der Waals surface area contributed by atoms with E-state index >= 15 is 0 Å². The largest absolute Gasteiger partial charge is 0.290 e. The number of pyridine rings is 1. The Morgan fingerprint density at radius 1 is 1.00 bits per heavy atom.